The highest BCUT2D eigenvalue weighted by atomic mass is 35.5. The van der Waals surface area contributed by atoms with Gasteiger partial charge in [0.05, 0.1) is 6.61 Å². The van der Waals surface area contributed by atoms with Crippen molar-refractivity contribution in [2.24, 2.45) is 0 Å². The monoisotopic (exact) mass is 574 g/mol. The van der Waals surface area contributed by atoms with Crippen molar-refractivity contribution >= 4 is 46.6 Å². The van der Waals surface area contributed by atoms with Gasteiger partial charge in [0.2, 0.25) is 11.8 Å². The SMILES string of the molecule is CC(C)(C)NC(=O)C(Cc1ccccc1)N(Cc1ccc(Cl)cc1Cl)C(=O)CCCOc1ccc(Cl)cc1. The van der Waals surface area contributed by atoms with Gasteiger partial charge in [-0.25, -0.2) is 0 Å². The number of hydrogen-bond acceptors (Lipinski definition) is 3. The predicted molar refractivity (Wildman–Crippen MR) is 155 cm³/mol. The second kappa shape index (κ2) is 13.9. The Morgan fingerprint density at radius 1 is 0.921 bits per heavy atom. The molecule has 1 atom stereocenters. The van der Waals surface area contributed by atoms with Gasteiger partial charge >= 0.3 is 0 Å². The van der Waals surface area contributed by atoms with Gasteiger partial charge in [-0.05, 0) is 74.7 Å². The lowest BCUT2D eigenvalue weighted by atomic mass is 10.00. The summed E-state index contributed by atoms with van der Waals surface area (Å²) in [5, 5.41) is 4.63. The van der Waals surface area contributed by atoms with Gasteiger partial charge in [-0.3, -0.25) is 9.59 Å². The summed E-state index contributed by atoms with van der Waals surface area (Å²) in [6.45, 7) is 6.27. The number of benzene rings is 3. The standard InChI is InChI=1S/C30H33Cl3N2O3/c1-30(2,3)34-29(37)27(18-21-8-5-4-6-9-21)35(20-22-11-12-24(32)19-26(22)33)28(36)10-7-17-38-25-15-13-23(31)14-16-25/h4-6,8-9,11-16,19,27H,7,10,17-18,20H2,1-3H3,(H,34,37). The molecule has 38 heavy (non-hydrogen) atoms. The van der Waals surface area contributed by atoms with E-state index in [1.54, 1.807) is 47.4 Å². The van der Waals surface area contributed by atoms with E-state index in [-0.39, 0.29) is 24.8 Å². The topological polar surface area (TPSA) is 58.6 Å². The molecule has 3 rings (SSSR count). The minimum atomic E-state index is -0.743. The second-order valence-corrected chi connectivity index (χ2v) is 11.4. The lowest BCUT2D eigenvalue weighted by molar-refractivity contribution is -0.142. The van der Waals surface area contributed by atoms with Crippen LogP contribution in [0.15, 0.2) is 72.8 Å². The molecule has 0 fully saturated rings. The fraction of sp³-hybridized carbons (Fsp3) is 0.333. The van der Waals surface area contributed by atoms with Gasteiger partial charge in [0.15, 0.2) is 0 Å². The first kappa shape index (κ1) is 29.8. The van der Waals surface area contributed by atoms with E-state index in [0.29, 0.717) is 45.8 Å². The van der Waals surface area contributed by atoms with Crippen molar-refractivity contribution in [1.82, 2.24) is 10.2 Å². The zero-order valence-electron chi connectivity index (χ0n) is 21.8. The highest BCUT2D eigenvalue weighted by Gasteiger charge is 2.32. The van der Waals surface area contributed by atoms with E-state index in [0.717, 1.165) is 5.56 Å². The maximum Gasteiger partial charge on any atom is 0.243 e. The summed E-state index contributed by atoms with van der Waals surface area (Å²) in [7, 11) is 0. The number of rotatable bonds is 11. The molecular weight excluding hydrogens is 543 g/mol. The lowest BCUT2D eigenvalue weighted by Gasteiger charge is -2.34. The van der Waals surface area contributed by atoms with Crippen LogP contribution in [0.1, 0.15) is 44.7 Å². The van der Waals surface area contributed by atoms with E-state index in [1.165, 1.54) is 0 Å². The van der Waals surface area contributed by atoms with Crippen LogP contribution in [0.4, 0.5) is 0 Å². The number of amides is 2. The average Bonchev–Trinajstić information content (AvgIpc) is 2.85. The molecule has 1 unspecified atom stereocenters. The number of hydrogen-bond donors (Lipinski definition) is 1. The van der Waals surface area contributed by atoms with E-state index in [4.69, 9.17) is 39.5 Å². The highest BCUT2D eigenvalue weighted by Crippen LogP contribution is 2.25. The van der Waals surface area contributed by atoms with Gasteiger partial charge in [0, 0.05) is 40.0 Å². The third kappa shape index (κ3) is 9.54. The third-order valence-electron chi connectivity index (χ3n) is 5.74. The van der Waals surface area contributed by atoms with Crippen molar-refractivity contribution in [3.05, 3.63) is 99.0 Å². The van der Waals surface area contributed by atoms with Crippen LogP contribution in [-0.4, -0.2) is 34.9 Å². The van der Waals surface area contributed by atoms with Crippen LogP contribution in [0.3, 0.4) is 0 Å². The van der Waals surface area contributed by atoms with Gasteiger partial charge in [0.1, 0.15) is 11.8 Å². The van der Waals surface area contributed by atoms with E-state index in [2.05, 4.69) is 5.32 Å². The summed E-state index contributed by atoms with van der Waals surface area (Å²) in [6, 6.07) is 21.2. The van der Waals surface area contributed by atoms with Crippen LogP contribution in [0.25, 0.3) is 0 Å². The van der Waals surface area contributed by atoms with Crippen LogP contribution in [0.2, 0.25) is 15.1 Å². The zero-order valence-corrected chi connectivity index (χ0v) is 24.1. The number of ether oxygens (including phenoxy) is 1. The molecule has 3 aromatic rings. The first-order valence-electron chi connectivity index (χ1n) is 12.5. The van der Waals surface area contributed by atoms with Crippen LogP contribution in [0, 0.1) is 0 Å². The number of carbonyl (C=O) groups excluding carboxylic acids is 2. The fourth-order valence-electron chi connectivity index (χ4n) is 3.93. The summed E-state index contributed by atoms with van der Waals surface area (Å²) in [6.07, 6.45) is 1.04. The lowest BCUT2D eigenvalue weighted by Crippen LogP contribution is -2.54. The summed E-state index contributed by atoms with van der Waals surface area (Å²) in [4.78, 5) is 28.9. The number of nitrogens with zero attached hydrogens (tertiary/aromatic N) is 1. The van der Waals surface area contributed by atoms with Gasteiger partial charge in [-0.15, -0.1) is 0 Å². The van der Waals surface area contributed by atoms with Crippen molar-refractivity contribution in [1.29, 1.82) is 0 Å². The van der Waals surface area contributed by atoms with Crippen LogP contribution in [0.5, 0.6) is 5.75 Å². The number of nitrogens with one attached hydrogen (secondary N) is 1. The van der Waals surface area contributed by atoms with Crippen molar-refractivity contribution in [2.75, 3.05) is 6.61 Å². The summed E-state index contributed by atoms with van der Waals surface area (Å²) in [5.41, 5.74) is 1.20. The van der Waals surface area contributed by atoms with Gasteiger partial charge in [0.25, 0.3) is 0 Å². The molecule has 0 aromatic heterocycles. The zero-order chi connectivity index (χ0) is 27.7. The average molecular weight is 576 g/mol. The van der Waals surface area contributed by atoms with Crippen molar-refractivity contribution in [3.8, 4) is 5.75 Å². The molecule has 0 radical (unpaired) electrons. The molecule has 202 valence electrons. The molecule has 3 aromatic carbocycles. The number of carbonyl (C=O) groups is 2. The Bertz CT molecular complexity index is 1210. The Labute approximate surface area is 240 Å². The molecule has 0 aliphatic rings. The minimum Gasteiger partial charge on any atom is -0.494 e. The molecule has 0 saturated carbocycles. The van der Waals surface area contributed by atoms with E-state index >= 15 is 0 Å². The normalized spacial score (nSPS) is 12.1. The Morgan fingerprint density at radius 2 is 1.58 bits per heavy atom. The van der Waals surface area contributed by atoms with Crippen molar-refractivity contribution in [3.63, 3.8) is 0 Å². The maximum atomic E-state index is 13.7. The minimum absolute atomic E-state index is 0.166. The third-order valence-corrected chi connectivity index (χ3v) is 6.58. The van der Waals surface area contributed by atoms with E-state index < -0.39 is 11.6 Å². The second-order valence-electron chi connectivity index (χ2n) is 10.1. The highest BCUT2D eigenvalue weighted by molar-refractivity contribution is 6.35. The van der Waals surface area contributed by atoms with Gasteiger partial charge in [-0.2, -0.15) is 0 Å². The quantitative estimate of drug-likeness (QED) is 0.243. The Hall–Kier alpha value is -2.73. The molecule has 0 bridgehead atoms. The molecular formula is C30H33Cl3N2O3. The van der Waals surface area contributed by atoms with E-state index in [1.807, 2.05) is 51.1 Å². The van der Waals surface area contributed by atoms with Crippen LogP contribution in [-0.2, 0) is 22.6 Å². The van der Waals surface area contributed by atoms with Crippen molar-refractivity contribution < 1.29 is 14.3 Å². The predicted octanol–water partition coefficient (Wildman–Crippen LogP) is 7.36. The molecule has 0 aliphatic heterocycles. The Morgan fingerprint density at radius 3 is 2.21 bits per heavy atom. The smallest absolute Gasteiger partial charge is 0.243 e. The number of halogens is 3. The fourth-order valence-corrected chi connectivity index (χ4v) is 4.52. The Kier molecular flexibility index (Phi) is 10.9. The Balaban J connectivity index is 1.84. The molecule has 0 aliphatic carbocycles. The van der Waals surface area contributed by atoms with Gasteiger partial charge < -0.3 is 15.0 Å². The molecule has 0 saturated heterocycles. The molecule has 1 N–H and O–H groups in total. The van der Waals surface area contributed by atoms with E-state index in [9.17, 15) is 9.59 Å². The largest absolute Gasteiger partial charge is 0.494 e. The summed E-state index contributed by atoms with van der Waals surface area (Å²) < 4.78 is 5.77. The maximum absolute atomic E-state index is 13.7. The van der Waals surface area contributed by atoms with Crippen LogP contribution < -0.4 is 10.1 Å². The molecule has 8 heteroatoms. The van der Waals surface area contributed by atoms with Crippen molar-refractivity contribution in [2.45, 2.75) is 58.2 Å². The van der Waals surface area contributed by atoms with Gasteiger partial charge in [-0.1, -0.05) is 71.2 Å². The summed E-state index contributed by atoms with van der Waals surface area (Å²) >= 11 is 18.5. The molecule has 2 amide bonds. The first-order valence-corrected chi connectivity index (χ1v) is 13.6. The molecule has 5 nitrogen and oxygen atoms in total. The molecule has 0 spiro atoms. The van der Waals surface area contributed by atoms with Crippen LogP contribution >= 0.6 is 34.8 Å². The first-order chi connectivity index (χ1) is 18.0. The summed E-state index contributed by atoms with van der Waals surface area (Å²) in [5.74, 6) is 0.288. The molecule has 0 heterocycles.